The van der Waals surface area contributed by atoms with Crippen LogP contribution in [0.3, 0.4) is 0 Å². The Labute approximate surface area is 128 Å². The van der Waals surface area contributed by atoms with Gasteiger partial charge in [-0.2, -0.15) is 0 Å². The number of nitro benzene ring substituents is 1. The first-order chi connectivity index (χ1) is 9.56. The molecule has 0 saturated heterocycles. The summed E-state index contributed by atoms with van der Waals surface area (Å²) in [6.45, 7) is 3.75. The number of hydrogen-bond donors (Lipinski definition) is 1. The summed E-state index contributed by atoms with van der Waals surface area (Å²) in [5, 5.41) is 14.5. The molecule has 0 bridgehead atoms. The summed E-state index contributed by atoms with van der Waals surface area (Å²) >= 11 is 3.38. The van der Waals surface area contributed by atoms with Gasteiger partial charge in [-0.3, -0.25) is 10.1 Å². The van der Waals surface area contributed by atoms with Crippen molar-refractivity contribution < 1.29 is 4.92 Å². The summed E-state index contributed by atoms with van der Waals surface area (Å²) < 4.78 is 0.881. The Morgan fingerprint density at radius 1 is 1.40 bits per heavy atom. The number of hydrogen-bond acceptors (Lipinski definition) is 3. The lowest BCUT2D eigenvalue weighted by atomic mass is 9.83. The van der Waals surface area contributed by atoms with Crippen LogP contribution in [0.4, 0.5) is 5.69 Å². The van der Waals surface area contributed by atoms with Gasteiger partial charge in [0.15, 0.2) is 0 Å². The Bertz CT molecular complexity index is 485. The van der Waals surface area contributed by atoms with Crippen molar-refractivity contribution >= 4 is 21.6 Å². The van der Waals surface area contributed by atoms with Gasteiger partial charge in [-0.15, -0.1) is 0 Å². The topological polar surface area (TPSA) is 55.2 Å². The Hall–Kier alpha value is -0.940. The van der Waals surface area contributed by atoms with E-state index in [1.54, 1.807) is 12.1 Å². The third kappa shape index (κ3) is 3.58. The molecule has 1 saturated carbocycles. The van der Waals surface area contributed by atoms with Crippen LogP contribution in [-0.4, -0.2) is 11.5 Å². The van der Waals surface area contributed by atoms with E-state index in [0.717, 1.165) is 16.6 Å². The highest BCUT2D eigenvalue weighted by Crippen LogP contribution is 2.40. The van der Waals surface area contributed by atoms with E-state index >= 15 is 0 Å². The highest BCUT2D eigenvalue weighted by Gasteiger charge is 2.31. The van der Waals surface area contributed by atoms with Crippen LogP contribution in [0.5, 0.6) is 0 Å². The molecule has 5 heteroatoms. The first kappa shape index (κ1) is 15.4. The highest BCUT2D eigenvalue weighted by molar-refractivity contribution is 9.10. The van der Waals surface area contributed by atoms with Gasteiger partial charge in [0.25, 0.3) is 5.69 Å². The third-order valence-electron chi connectivity index (χ3n) is 4.47. The lowest BCUT2D eigenvalue weighted by molar-refractivity contribution is -0.385. The van der Waals surface area contributed by atoms with Gasteiger partial charge in [0.2, 0.25) is 0 Å². The quantitative estimate of drug-likeness (QED) is 0.616. The molecular weight excluding hydrogens is 320 g/mol. The van der Waals surface area contributed by atoms with Gasteiger partial charge in [0, 0.05) is 29.2 Å². The van der Waals surface area contributed by atoms with Crippen LogP contribution in [0, 0.1) is 15.5 Å². The van der Waals surface area contributed by atoms with Crippen LogP contribution in [-0.2, 0) is 6.54 Å². The average molecular weight is 341 g/mol. The summed E-state index contributed by atoms with van der Waals surface area (Å²) in [5.41, 5.74) is 1.34. The smallest absolute Gasteiger partial charge is 0.273 e. The second-order valence-corrected chi connectivity index (χ2v) is 6.61. The van der Waals surface area contributed by atoms with Gasteiger partial charge in [-0.25, -0.2) is 0 Å². The van der Waals surface area contributed by atoms with E-state index in [0.29, 0.717) is 12.0 Å². The van der Waals surface area contributed by atoms with Crippen molar-refractivity contribution in [3.05, 3.63) is 38.3 Å². The maximum atomic E-state index is 11.0. The molecule has 0 aliphatic heterocycles. The predicted octanol–water partition coefficient (Wildman–Crippen LogP) is 4.42. The molecule has 20 heavy (non-hydrogen) atoms. The molecule has 1 fully saturated rings. The van der Waals surface area contributed by atoms with Crippen LogP contribution in [0.2, 0.25) is 0 Å². The van der Waals surface area contributed by atoms with E-state index in [2.05, 4.69) is 28.2 Å². The minimum absolute atomic E-state index is 0.192. The van der Waals surface area contributed by atoms with Crippen molar-refractivity contribution in [3.63, 3.8) is 0 Å². The Kier molecular flexibility index (Phi) is 5.16. The molecule has 0 radical (unpaired) electrons. The van der Waals surface area contributed by atoms with Crippen LogP contribution >= 0.6 is 15.9 Å². The summed E-state index contributed by atoms with van der Waals surface area (Å²) in [5.74, 6) is 0. The van der Waals surface area contributed by atoms with Crippen LogP contribution in [0.1, 0.15) is 44.6 Å². The third-order valence-corrected chi connectivity index (χ3v) is 4.96. The number of benzene rings is 1. The zero-order valence-electron chi connectivity index (χ0n) is 11.8. The second kappa shape index (κ2) is 6.68. The zero-order chi connectivity index (χ0) is 14.6. The second-order valence-electron chi connectivity index (χ2n) is 5.69. The van der Waals surface area contributed by atoms with E-state index in [-0.39, 0.29) is 10.6 Å². The van der Waals surface area contributed by atoms with Crippen LogP contribution in [0.15, 0.2) is 22.7 Å². The van der Waals surface area contributed by atoms with E-state index in [9.17, 15) is 10.1 Å². The van der Waals surface area contributed by atoms with E-state index in [1.807, 2.05) is 6.07 Å². The van der Waals surface area contributed by atoms with Gasteiger partial charge in [-0.05, 0) is 36.8 Å². The first-order valence-corrected chi connectivity index (χ1v) is 7.99. The Morgan fingerprint density at radius 2 is 2.10 bits per heavy atom. The molecule has 4 nitrogen and oxygen atoms in total. The van der Waals surface area contributed by atoms with Crippen molar-refractivity contribution in [2.45, 2.75) is 45.6 Å². The summed E-state index contributed by atoms with van der Waals surface area (Å²) in [6, 6.07) is 5.11. The molecule has 0 atom stereocenters. The highest BCUT2D eigenvalue weighted by atomic mass is 79.9. The zero-order valence-corrected chi connectivity index (χ0v) is 13.4. The minimum atomic E-state index is -0.311. The van der Waals surface area contributed by atoms with Gasteiger partial charge in [0.05, 0.1) is 4.92 Å². The fraction of sp³-hybridized carbons (Fsp3) is 0.600. The fourth-order valence-corrected chi connectivity index (χ4v) is 3.52. The summed E-state index contributed by atoms with van der Waals surface area (Å²) in [6.07, 6.45) is 6.35. The molecule has 1 aromatic carbocycles. The molecule has 0 amide bonds. The number of nitrogens with one attached hydrogen (secondary N) is 1. The van der Waals surface area contributed by atoms with Crippen LogP contribution in [0.25, 0.3) is 0 Å². The van der Waals surface area contributed by atoms with Crippen molar-refractivity contribution in [1.82, 2.24) is 5.32 Å². The molecule has 1 aliphatic carbocycles. The molecular formula is C15H21BrN2O2. The largest absolute Gasteiger partial charge is 0.312 e. The fourth-order valence-electron chi connectivity index (χ4n) is 3.12. The number of nitro groups is 1. The molecule has 1 aromatic rings. The number of halogens is 1. The lowest BCUT2D eigenvalue weighted by Crippen LogP contribution is -2.31. The number of nitrogens with zero attached hydrogens (tertiary/aromatic N) is 1. The lowest BCUT2D eigenvalue weighted by Gasteiger charge is -2.27. The van der Waals surface area contributed by atoms with Gasteiger partial charge in [0.1, 0.15) is 0 Å². The minimum Gasteiger partial charge on any atom is -0.312 e. The summed E-state index contributed by atoms with van der Waals surface area (Å²) in [4.78, 5) is 10.7. The van der Waals surface area contributed by atoms with E-state index in [4.69, 9.17) is 0 Å². The average Bonchev–Trinajstić information content (AvgIpc) is 2.88. The molecule has 1 aliphatic rings. The maximum Gasteiger partial charge on any atom is 0.273 e. The van der Waals surface area contributed by atoms with E-state index < -0.39 is 0 Å². The Morgan fingerprint density at radius 3 is 2.70 bits per heavy atom. The normalized spacial score (nSPS) is 17.3. The van der Waals surface area contributed by atoms with Crippen molar-refractivity contribution in [1.29, 1.82) is 0 Å². The van der Waals surface area contributed by atoms with Crippen molar-refractivity contribution in [2.75, 3.05) is 6.54 Å². The first-order valence-electron chi connectivity index (χ1n) is 7.20. The predicted molar refractivity (Wildman–Crippen MR) is 83.7 cm³/mol. The van der Waals surface area contributed by atoms with Gasteiger partial charge < -0.3 is 5.32 Å². The molecule has 0 aromatic heterocycles. The van der Waals surface area contributed by atoms with Crippen LogP contribution < -0.4 is 5.32 Å². The monoisotopic (exact) mass is 340 g/mol. The Balaban J connectivity index is 2.00. The molecule has 0 spiro atoms. The molecule has 0 unspecified atom stereocenters. The van der Waals surface area contributed by atoms with E-state index in [1.165, 1.54) is 32.1 Å². The SMILES string of the molecule is CCC1(CNCc2cc(Br)ccc2[N+](=O)[O-])CCCC1. The number of rotatable bonds is 6. The molecule has 1 N–H and O–H groups in total. The molecule has 2 rings (SSSR count). The van der Waals surface area contributed by atoms with Gasteiger partial charge >= 0.3 is 0 Å². The summed E-state index contributed by atoms with van der Waals surface area (Å²) in [7, 11) is 0. The van der Waals surface area contributed by atoms with Gasteiger partial charge in [-0.1, -0.05) is 35.7 Å². The molecule has 110 valence electrons. The standard InChI is InChI=1S/C15H21BrN2O2/c1-2-15(7-3-4-8-15)11-17-10-12-9-13(16)5-6-14(12)18(19)20/h5-6,9,17H,2-4,7-8,10-11H2,1H3. The maximum absolute atomic E-state index is 11.0. The van der Waals surface area contributed by atoms with Crippen molar-refractivity contribution in [3.8, 4) is 0 Å². The molecule has 0 heterocycles. The van der Waals surface area contributed by atoms with Crippen molar-refractivity contribution in [2.24, 2.45) is 5.41 Å².